The molecule has 1 aromatic carbocycles. The SMILES string of the molecule is CC(Nc1ccc(F)cc1C(N)=S)c1nncn1C. The minimum Gasteiger partial charge on any atom is -0.389 e. The van der Waals surface area contributed by atoms with E-state index in [-0.39, 0.29) is 16.8 Å². The van der Waals surface area contributed by atoms with E-state index in [1.54, 1.807) is 12.4 Å². The Hall–Kier alpha value is -2.02. The molecule has 5 nitrogen and oxygen atoms in total. The van der Waals surface area contributed by atoms with Gasteiger partial charge in [0.05, 0.1) is 6.04 Å². The number of nitrogens with zero attached hydrogens (tertiary/aromatic N) is 3. The van der Waals surface area contributed by atoms with E-state index < -0.39 is 0 Å². The highest BCUT2D eigenvalue weighted by molar-refractivity contribution is 7.80. The van der Waals surface area contributed by atoms with Crippen LogP contribution in [-0.4, -0.2) is 19.8 Å². The Morgan fingerprint density at radius 3 is 2.84 bits per heavy atom. The summed E-state index contributed by atoms with van der Waals surface area (Å²) < 4.78 is 15.0. The number of hydrogen-bond acceptors (Lipinski definition) is 4. The van der Waals surface area contributed by atoms with Gasteiger partial charge in [0.2, 0.25) is 0 Å². The van der Waals surface area contributed by atoms with Crippen molar-refractivity contribution in [3.05, 3.63) is 41.7 Å². The number of aromatic nitrogens is 3. The predicted octanol–water partition coefficient (Wildman–Crippen LogP) is 1.76. The summed E-state index contributed by atoms with van der Waals surface area (Å²) in [5.74, 6) is 0.387. The molecule has 0 amide bonds. The molecule has 7 heteroatoms. The molecule has 0 saturated heterocycles. The molecule has 19 heavy (non-hydrogen) atoms. The standard InChI is InChI=1S/C12H14FN5S/c1-7(12-17-15-6-18(12)2)16-10-4-3-8(13)5-9(10)11(14)19/h3-7,16H,1-2H3,(H2,14,19). The van der Waals surface area contributed by atoms with Crippen LogP contribution in [0.2, 0.25) is 0 Å². The molecular weight excluding hydrogens is 265 g/mol. The predicted molar refractivity (Wildman–Crippen MR) is 75.3 cm³/mol. The summed E-state index contributed by atoms with van der Waals surface area (Å²) in [6, 6.07) is 4.17. The van der Waals surface area contributed by atoms with Crippen molar-refractivity contribution in [1.82, 2.24) is 14.8 Å². The van der Waals surface area contributed by atoms with Gasteiger partial charge in [0.15, 0.2) is 5.82 Å². The second-order valence-electron chi connectivity index (χ2n) is 4.22. The first-order valence-electron chi connectivity index (χ1n) is 5.69. The Kier molecular flexibility index (Phi) is 3.75. The lowest BCUT2D eigenvalue weighted by Crippen LogP contribution is -2.17. The van der Waals surface area contributed by atoms with E-state index in [9.17, 15) is 4.39 Å². The van der Waals surface area contributed by atoms with E-state index >= 15 is 0 Å². The monoisotopic (exact) mass is 279 g/mol. The van der Waals surface area contributed by atoms with Crippen LogP contribution in [-0.2, 0) is 7.05 Å². The third-order valence-electron chi connectivity index (χ3n) is 2.75. The number of nitrogens with one attached hydrogen (secondary N) is 1. The first-order valence-corrected chi connectivity index (χ1v) is 6.09. The molecule has 1 atom stereocenters. The van der Waals surface area contributed by atoms with Gasteiger partial charge in [0.1, 0.15) is 17.1 Å². The molecule has 2 rings (SSSR count). The summed E-state index contributed by atoms with van der Waals surface area (Å²) in [4.78, 5) is 0.146. The third kappa shape index (κ3) is 2.87. The highest BCUT2D eigenvalue weighted by atomic mass is 32.1. The average molecular weight is 279 g/mol. The van der Waals surface area contributed by atoms with Gasteiger partial charge >= 0.3 is 0 Å². The first-order chi connectivity index (χ1) is 8.99. The van der Waals surface area contributed by atoms with Crippen LogP contribution in [0.15, 0.2) is 24.5 Å². The maximum absolute atomic E-state index is 13.2. The van der Waals surface area contributed by atoms with Crippen LogP contribution in [0.5, 0.6) is 0 Å². The lowest BCUT2D eigenvalue weighted by atomic mass is 10.1. The second kappa shape index (κ2) is 5.31. The highest BCUT2D eigenvalue weighted by Crippen LogP contribution is 2.22. The molecule has 0 radical (unpaired) electrons. The summed E-state index contributed by atoms with van der Waals surface area (Å²) in [6.07, 6.45) is 1.62. The molecular formula is C12H14FN5S. The molecule has 0 aliphatic heterocycles. The number of benzene rings is 1. The average Bonchev–Trinajstić information content (AvgIpc) is 2.77. The van der Waals surface area contributed by atoms with Gasteiger partial charge in [0.25, 0.3) is 0 Å². The van der Waals surface area contributed by atoms with Gasteiger partial charge in [-0.2, -0.15) is 0 Å². The minimum atomic E-state index is -0.375. The van der Waals surface area contributed by atoms with Gasteiger partial charge in [-0.25, -0.2) is 4.39 Å². The van der Waals surface area contributed by atoms with Crippen LogP contribution in [0.3, 0.4) is 0 Å². The van der Waals surface area contributed by atoms with E-state index in [4.69, 9.17) is 18.0 Å². The van der Waals surface area contributed by atoms with Crippen molar-refractivity contribution in [2.24, 2.45) is 12.8 Å². The number of rotatable bonds is 4. The fraction of sp³-hybridized carbons (Fsp3) is 0.250. The molecule has 1 heterocycles. The Balaban J connectivity index is 2.29. The normalized spacial score (nSPS) is 12.2. The van der Waals surface area contributed by atoms with Gasteiger partial charge in [0, 0.05) is 18.3 Å². The van der Waals surface area contributed by atoms with Crippen molar-refractivity contribution < 1.29 is 4.39 Å². The molecule has 0 spiro atoms. The van der Waals surface area contributed by atoms with Crippen LogP contribution in [0.1, 0.15) is 24.4 Å². The van der Waals surface area contributed by atoms with Gasteiger partial charge in [-0.1, -0.05) is 12.2 Å². The van der Waals surface area contributed by atoms with Crippen molar-refractivity contribution in [3.8, 4) is 0 Å². The van der Waals surface area contributed by atoms with Gasteiger partial charge in [-0.3, -0.25) is 0 Å². The van der Waals surface area contributed by atoms with Crippen LogP contribution < -0.4 is 11.1 Å². The van der Waals surface area contributed by atoms with Crippen molar-refractivity contribution in [2.45, 2.75) is 13.0 Å². The highest BCUT2D eigenvalue weighted by Gasteiger charge is 2.14. The molecule has 0 aliphatic carbocycles. The van der Waals surface area contributed by atoms with E-state index in [0.717, 1.165) is 5.82 Å². The molecule has 3 N–H and O–H groups in total. The first kappa shape index (κ1) is 13.4. The lowest BCUT2D eigenvalue weighted by molar-refractivity contribution is 0.627. The molecule has 1 unspecified atom stereocenters. The smallest absolute Gasteiger partial charge is 0.154 e. The number of halogens is 1. The topological polar surface area (TPSA) is 68.8 Å². The number of anilines is 1. The summed E-state index contributed by atoms with van der Waals surface area (Å²) in [7, 11) is 1.85. The van der Waals surface area contributed by atoms with Gasteiger partial charge in [-0.05, 0) is 25.1 Å². The van der Waals surface area contributed by atoms with Crippen molar-refractivity contribution in [1.29, 1.82) is 0 Å². The molecule has 0 fully saturated rings. The maximum atomic E-state index is 13.2. The number of nitrogens with two attached hydrogens (primary N) is 1. The fourth-order valence-electron chi connectivity index (χ4n) is 1.83. The fourth-order valence-corrected chi connectivity index (χ4v) is 2.00. The van der Waals surface area contributed by atoms with Crippen LogP contribution in [0, 0.1) is 5.82 Å². The molecule has 1 aromatic heterocycles. The molecule has 2 aromatic rings. The summed E-state index contributed by atoms with van der Waals surface area (Å²) in [5.41, 5.74) is 6.75. The molecule has 0 aliphatic rings. The Bertz CT molecular complexity index is 610. The van der Waals surface area contributed by atoms with Crippen LogP contribution >= 0.6 is 12.2 Å². The van der Waals surface area contributed by atoms with Crippen molar-refractivity contribution >= 4 is 22.9 Å². The zero-order valence-electron chi connectivity index (χ0n) is 10.6. The lowest BCUT2D eigenvalue weighted by Gasteiger charge is -2.17. The number of aryl methyl sites for hydroxylation is 1. The molecule has 0 bridgehead atoms. The second-order valence-corrected chi connectivity index (χ2v) is 4.66. The minimum absolute atomic E-state index is 0.105. The van der Waals surface area contributed by atoms with E-state index in [1.807, 2.05) is 18.5 Å². The maximum Gasteiger partial charge on any atom is 0.154 e. The summed E-state index contributed by atoms with van der Waals surface area (Å²) in [5, 5.41) is 11.0. The van der Waals surface area contributed by atoms with Crippen LogP contribution in [0.25, 0.3) is 0 Å². The van der Waals surface area contributed by atoms with Crippen LogP contribution in [0.4, 0.5) is 10.1 Å². The Labute approximate surface area is 115 Å². The van der Waals surface area contributed by atoms with Gasteiger partial charge in [-0.15, -0.1) is 10.2 Å². The summed E-state index contributed by atoms with van der Waals surface area (Å²) >= 11 is 4.93. The Morgan fingerprint density at radius 1 is 1.53 bits per heavy atom. The molecule has 0 saturated carbocycles. The largest absolute Gasteiger partial charge is 0.389 e. The zero-order chi connectivity index (χ0) is 14.0. The van der Waals surface area contributed by atoms with E-state index in [0.29, 0.717) is 11.3 Å². The molecule has 100 valence electrons. The number of thiocarbonyl (C=S) groups is 1. The summed E-state index contributed by atoms with van der Waals surface area (Å²) in [6.45, 7) is 1.93. The third-order valence-corrected chi connectivity index (χ3v) is 2.97. The van der Waals surface area contributed by atoms with Gasteiger partial charge < -0.3 is 15.6 Å². The quantitative estimate of drug-likeness (QED) is 0.835. The van der Waals surface area contributed by atoms with E-state index in [2.05, 4.69) is 15.5 Å². The Morgan fingerprint density at radius 2 is 2.26 bits per heavy atom. The zero-order valence-corrected chi connectivity index (χ0v) is 11.4. The number of hydrogen-bond donors (Lipinski definition) is 2. The van der Waals surface area contributed by atoms with Crippen molar-refractivity contribution in [3.63, 3.8) is 0 Å². The van der Waals surface area contributed by atoms with Crippen molar-refractivity contribution in [2.75, 3.05) is 5.32 Å². The van der Waals surface area contributed by atoms with E-state index in [1.165, 1.54) is 12.1 Å².